The summed E-state index contributed by atoms with van der Waals surface area (Å²) >= 11 is 0. The van der Waals surface area contributed by atoms with Crippen LogP contribution in [0, 0.1) is 12.8 Å². The van der Waals surface area contributed by atoms with E-state index in [1.54, 1.807) is 17.3 Å². The van der Waals surface area contributed by atoms with E-state index in [9.17, 15) is 9.59 Å². The highest BCUT2D eigenvalue weighted by atomic mass is 16.2. The summed E-state index contributed by atoms with van der Waals surface area (Å²) in [5, 5.41) is 2.76. The summed E-state index contributed by atoms with van der Waals surface area (Å²) in [5.41, 5.74) is 2.01. The van der Waals surface area contributed by atoms with E-state index in [4.69, 9.17) is 0 Å². The minimum Gasteiger partial charge on any atom is -0.317 e. The molecular weight excluding hydrogens is 452 g/mol. The van der Waals surface area contributed by atoms with Crippen molar-refractivity contribution in [2.45, 2.75) is 62.9 Å². The zero-order valence-electron chi connectivity index (χ0n) is 21.7. The van der Waals surface area contributed by atoms with Crippen molar-refractivity contribution in [1.29, 1.82) is 0 Å². The molecule has 3 amide bonds. The van der Waals surface area contributed by atoms with Gasteiger partial charge in [0.15, 0.2) is 0 Å². The fourth-order valence-corrected chi connectivity index (χ4v) is 6.30. The predicted octanol–water partition coefficient (Wildman–Crippen LogP) is 4.03. The number of anilines is 1. The highest BCUT2D eigenvalue weighted by molar-refractivity contribution is 5.93. The maximum atomic E-state index is 13.7. The summed E-state index contributed by atoms with van der Waals surface area (Å²) in [6, 6.07) is 10.8. The van der Waals surface area contributed by atoms with Crippen LogP contribution in [0.25, 0.3) is 0 Å². The minimum atomic E-state index is -0.254. The van der Waals surface area contributed by atoms with Gasteiger partial charge in [0.1, 0.15) is 6.54 Å². The van der Waals surface area contributed by atoms with Gasteiger partial charge in [-0.2, -0.15) is 0 Å². The number of nitrogens with zero attached hydrogens (tertiary/aromatic N) is 5. The number of hydrogen-bond donors (Lipinski definition) is 1. The van der Waals surface area contributed by atoms with Gasteiger partial charge in [0.2, 0.25) is 11.9 Å². The summed E-state index contributed by atoms with van der Waals surface area (Å²) in [6.07, 6.45) is 10.8. The average Bonchev–Trinajstić information content (AvgIpc) is 3.08. The van der Waals surface area contributed by atoms with Crippen LogP contribution in [0.2, 0.25) is 0 Å². The Morgan fingerprint density at radius 2 is 1.75 bits per heavy atom. The molecule has 8 heteroatoms. The van der Waals surface area contributed by atoms with Gasteiger partial charge in [0.25, 0.3) is 0 Å². The van der Waals surface area contributed by atoms with E-state index in [1.807, 2.05) is 6.92 Å². The molecule has 2 aromatic rings. The van der Waals surface area contributed by atoms with Crippen molar-refractivity contribution in [1.82, 2.24) is 24.7 Å². The number of aryl methyl sites for hydroxylation is 1. The normalized spacial score (nSPS) is 26.5. The van der Waals surface area contributed by atoms with Crippen LogP contribution in [-0.4, -0.2) is 75.9 Å². The van der Waals surface area contributed by atoms with Crippen molar-refractivity contribution in [2.75, 3.05) is 39.0 Å². The second-order valence-corrected chi connectivity index (χ2v) is 11.2. The van der Waals surface area contributed by atoms with E-state index < -0.39 is 0 Å². The number of hydrogen-bond acceptors (Lipinski definition) is 5. The first kappa shape index (κ1) is 24.7. The van der Waals surface area contributed by atoms with Crippen LogP contribution in [0.15, 0.2) is 42.7 Å². The van der Waals surface area contributed by atoms with Crippen molar-refractivity contribution in [3.8, 4) is 0 Å². The SMILES string of the molecule is Cc1cnc(NC(=O)CN2C[C@]3(CC[C@@](c4ccccc4)(N(C)C)CC3)N(CC3CCC3)C2=O)nc1. The molecule has 0 radical (unpaired) electrons. The zero-order chi connectivity index (χ0) is 25.3. The topological polar surface area (TPSA) is 81.7 Å². The molecule has 192 valence electrons. The summed E-state index contributed by atoms with van der Waals surface area (Å²) in [4.78, 5) is 41.1. The van der Waals surface area contributed by atoms with Crippen molar-refractivity contribution in [3.05, 3.63) is 53.9 Å². The molecule has 8 nitrogen and oxygen atoms in total. The maximum Gasteiger partial charge on any atom is 0.321 e. The lowest BCUT2D eigenvalue weighted by Crippen LogP contribution is -2.56. The third kappa shape index (κ3) is 4.59. The third-order valence-corrected chi connectivity index (χ3v) is 8.77. The quantitative estimate of drug-likeness (QED) is 0.634. The van der Waals surface area contributed by atoms with E-state index in [2.05, 4.69) is 69.5 Å². The zero-order valence-corrected chi connectivity index (χ0v) is 21.7. The van der Waals surface area contributed by atoms with Crippen LogP contribution in [0.1, 0.15) is 56.1 Å². The predicted molar refractivity (Wildman–Crippen MR) is 139 cm³/mol. The number of benzene rings is 1. The maximum absolute atomic E-state index is 13.7. The molecule has 2 saturated carbocycles. The molecule has 36 heavy (non-hydrogen) atoms. The Kier molecular flexibility index (Phi) is 6.72. The Bertz CT molecular complexity index is 1070. The average molecular weight is 491 g/mol. The fraction of sp³-hybridized carbons (Fsp3) is 0.571. The van der Waals surface area contributed by atoms with E-state index in [0.717, 1.165) is 37.8 Å². The van der Waals surface area contributed by atoms with E-state index in [1.165, 1.54) is 24.8 Å². The molecule has 3 fully saturated rings. The first-order chi connectivity index (χ1) is 17.3. The van der Waals surface area contributed by atoms with Crippen molar-refractivity contribution < 1.29 is 9.59 Å². The summed E-state index contributed by atoms with van der Waals surface area (Å²) in [5.74, 6) is 0.598. The van der Waals surface area contributed by atoms with Crippen LogP contribution >= 0.6 is 0 Å². The molecule has 0 bridgehead atoms. The van der Waals surface area contributed by atoms with Gasteiger partial charge in [-0.15, -0.1) is 0 Å². The fourth-order valence-electron chi connectivity index (χ4n) is 6.30. The Morgan fingerprint density at radius 3 is 2.33 bits per heavy atom. The first-order valence-corrected chi connectivity index (χ1v) is 13.2. The Morgan fingerprint density at radius 1 is 1.08 bits per heavy atom. The molecular formula is C28H38N6O2. The van der Waals surface area contributed by atoms with Crippen molar-refractivity contribution in [3.63, 3.8) is 0 Å². The third-order valence-electron chi connectivity index (χ3n) is 8.77. The van der Waals surface area contributed by atoms with Gasteiger partial charge in [-0.05, 0) is 76.6 Å². The molecule has 1 aromatic heterocycles. The first-order valence-electron chi connectivity index (χ1n) is 13.2. The van der Waals surface area contributed by atoms with Crippen LogP contribution in [0.3, 0.4) is 0 Å². The monoisotopic (exact) mass is 490 g/mol. The van der Waals surface area contributed by atoms with Crippen LogP contribution < -0.4 is 5.32 Å². The standard InChI is InChI=1S/C28H38N6O2/c1-21-16-29-25(30-17-21)31-24(35)19-33-20-27(34(26(33)36)18-22-8-7-9-22)12-14-28(15-13-27,32(2)3)23-10-5-4-6-11-23/h4-6,10-11,16-17,22H,7-9,12-15,18-20H2,1-3H3,(H,29,30,31,35)/t27-,28-. The molecule has 0 unspecified atom stereocenters. The smallest absolute Gasteiger partial charge is 0.317 e. The molecule has 2 aliphatic carbocycles. The number of amides is 3. The minimum absolute atomic E-state index is 0.000983. The highest BCUT2D eigenvalue weighted by Gasteiger charge is 2.55. The summed E-state index contributed by atoms with van der Waals surface area (Å²) < 4.78 is 0. The molecule has 1 spiro atoms. The summed E-state index contributed by atoms with van der Waals surface area (Å²) in [6.45, 7) is 3.32. The Balaban J connectivity index is 1.33. The second kappa shape index (κ2) is 9.81. The molecule has 1 aliphatic heterocycles. The van der Waals surface area contributed by atoms with Gasteiger partial charge in [-0.1, -0.05) is 36.8 Å². The Labute approximate surface area is 214 Å². The van der Waals surface area contributed by atoms with Crippen LogP contribution in [-0.2, 0) is 10.3 Å². The van der Waals surface area contributed by atoms with Crippen LogP contribution in [0.4, 0.5) is 10.7 Å². The molecule has 3 aliphatic rings. The van der Waals surface area contributed by atoms with E-state index in [-0.39, 0.29) is 35.5 Å². The summed E-state index contributed by atoms with van der Waals surface area (Å²) in [7, 11) is 4.33. The van der Waals surface area contributed by atoms with E-state index >= 15 is 0 Å². The number of rotatable bonds is 7. The lowest BCUT2D eigenvalue weighted by molar-refractivity contribution is -0.116. The number of nitrogens with one attached hydrogen (secondary N) is 1. The van der Waals surface area contributed by atoms with E-state index in [0.29, 0.717) is 12.5 Å². The van der Waals surface area contributed by atoms with Crippen LogP contribution in [0.5, 0.6) is 0 Å². The molecule has 1 N–H and O–H groups in total. The number of aromatic nitrogens is 2. The van der Waals surface area contributed by atoms with Crippen molar-refractivity contribution in [2.24, 2.45) is 5.92 Å². The number of urea groups is 1. The van der Waals surface area contributed by atoms with Gasteiger partial charge < -0.3 is 9.80 Å². The molecule has 1 saturated heterocycles. The molecule has 0 atom stereocenters. The Hall–Kier alpha value is -3.00. The molecule has 2 heterocycles. The second-order valence-electron chi connectivity index (χ2n) is 11.2. The van der Waals surface area contributed by atoms with Gasteiger partial charge in [-0.25, -0.2) is 14.8 Å². The largest absolute Gasteiger partial charge is 0.321 e. The van der Waals surface area contributed by atoms with Gasteiger partial charge in [0.05, 0.1) is 5.54 Å². The number of carbonyl (C=O) groups is 2. The number of carbonyl (C=O) groups excluding carboxylic acids is 2. The van der Waals surface area contributed by atoms with Gasteiger partial charge >= 0.3 is 6.03 Å². The van der Waals surface area contributed by atoms with Crippen molar-refractivity contribution >= 4 is 17.9 Å². The molecule has 5 rings (SSSR count). The lowest BCUT2D eigenvalue weighted by atomic mass is 9.68. The van der Waals surface area contributed by atoms with Gasteiger partial charge in [0, 0.05) is 31.0 Å². The lowest BCUT2D eigenvalue weighted by Gasteiger charge is -2.51. The molecule has 1 aromatic carbocycles. The van der Waals surface area contributed by atoms with Gasteiger partial charge in [-0.3, -0.25) is 15.0 Å². The highest BCUT2D eigenvalue weighted by Crippen LogP contribution is 2.49.